The van der Waals surface area contributed by atoms with Gasteiger partial charge in [-0.25, -0.2) is 9.78 Å². The quantitative estimate of drug-likeness (QED) is 0.0880. The molecule has 1 saturated heterocycles. The van der Waals surface area contributed by atoms with Gasteiger partial charge in [0, 0.05) is 18.6 Å². The summed E-state index contributed by atoms with van der Waals surface area (Å²) in [4.78, 5) is 41.5. The lowest BCUT2D eigenvalue weighted by atomic mass is 9.80. The molecule has 3 aromatic rings. The summed E-state index contributed by atoms with van der Waals surface area (Å²) >= 11 is 4.93. The Morgan fingerprint density at radius 1 is 1.32 bits per heavy atom. The number of aliphatic carboxylic acids is 1. The molecular formula is C22H18BrN3O5S3. The third-order valence-corrected chi connectivity index (χ3v) is 10.8. The van der Waals surface area contributed by atoms with Crippen molar-refractivity contribution in [1.82, 2.24) is 9.88 Å². The van der Waals surface area contributed by atoms with Crippen molar-refractivity contribution >= 4 is 76.6 Å². The van der Waals surface area contributed by atoms with E-state index in [4.69, 9.17) is 0 Å². The number of hydrogen-bond acceptors (Lipinski definition) is 8. The van der Waals surface area contributed by atoms with E-state index in [-0.39, 0.29) is 18.0 Å². The van der Waals surface area contributed by atoms with Gasteiger partial charge in [-0.15, -0.1) is 11.3 Å². The number of nitro groups is 1. The number of fused-ring (bicyclic) bond motifs is 1. The number of likely N-dealkylation sites (tertiary alicyclic amines) is 1. The second-order valence-corrected chi connectivity index (χ2v) is 12.3. The molecule has 1 fully saturated rings. The Kier molecular flexibility index (Phi) is 7.04. The van der Waals surface area contributed by atoms with Crippen LogP contribution in [0.25, 0.3) is 10.2 Å². The number of amides is 1. The van der Waals surface area contributed by atoms with Crippen LogP contribution in [0, 0.1) is 10.1 Å². The lowest BCUT2D eigenvalue weighted by Gasteiger charge is -2.53. The number of β-lactam (4-membered cyclic amide) rings is 1. The van der Waals surface area contributed by atoms with Crippen LogP contribution in [0.5, 0.6) is 0 Å². The first kappa shape index (κ1) is 24.7. The summed E-state index contributed by atoms with van der Waals surface area (Å²) < 4.78 is 1.85. The maximum absolute atomic E-state index is 13.0. The zero-order valence-corrected chi connectivity index (χ0v) is 21.7. The van der Waals surface area contributed by atoms with Gasteiger partial charge in [0.25, 0.3) is 5.69 Å². The van der Waals surface area contributed by atoms with Crippen molar-refractivity contribution in [2.45, 2.75) is 33.4 Å². The maximum atomic E-state index is 13.0. The maximum Gasteiger partial charge on any atom is 0.334 e. The molecule has 0 saturated carbocycles. The highest BCUT2D eigenvalue weighted by atomic mass is 79.9. The van der Waals surface area contributed by atoms with E-state index >= 15 is 0 Å². The average Bonchev–Trinajstić information content (AvgIpc) is 3.23. The van der Waals surface area contributed by atoms with E-state index in [9.17, 15) is 24.8 Å². The van der Waals surface area contributed by atoms with Crippen molar-refractivity contribution in [3.63, 3.8) is 0 Å². The lowest BCUT2D eigenvalue weighted by Crippen LogP contribution is -2.72. The van der Waals surface area contributed by atoms with E-state index in [0.29, 0.717) is 11.1 Å². The number of hydrogen-bond donors (Lipinski definition) is 1. The van der Waals surface area contributed by atoms with Crippen LogP contribution in [-0.4, -0.2) is 47.5 Å². The van der Waals surface area contributed by atoms with Crippen molar-refractivity contribution in [3.8, 4) is 0 Å². The summed E-state index contributed by atoms with van der Waals surface area (Å²) in [5, 5.41) is 20.8. The number of halogens is 1. The summed E-state index contributed by atoms with van der Waals surface area (Å²) in [6.45, 7) is 5.49. The Morgan fingerprint density at radius 3 is 2.59 bits per heavy atom. The Hall–Kier alpha value is -2.41. The largest absolute Gasteiger partial charge is 0.479 e. The van der Waals surface area contributed by atoms with Gasteiger partial charge >= 0.3 is 5.97 Å². The van der Waals surface area contributed by atoms with Gasteiger partial charge in [-0.1, -0.05) is 57.6 Å². The Labute approximate surface area is 215 Å². The van der Waals surface area contributed by atoms with Crippen molar-refractivity contribution < 1.29 is 19.6 Å². The summed E-state index contributed by atoms with van der Waals surface area (Å²) in [5.41, 5.74) is -0.0802. The summed E-state index contributed by atoms with van der Waals surface area (Å²) in [6, 6.07) is 13.4. The van der Waals surface area contributed by atoms with Crippen LogP contribution < -0.4 is 0 Å². The third kappa shape index (κ3) is 4.35. The number of benzene rings is 2. The number of nitrogens with zero attached hydrogens (tertiary/aromatic N) is 3. The number of alkyl halides is 1. The molecule has 1 aliphatic heterocycles. The molecule has 0 aliphatic carbocycles. The van der Waals surface area contributed by atoms with Crippen LogP contribution in [0.4, 0.5) is 5.69 Å². The average molecular weight is 581 g/mol. The number of thiazole rings is 1. The van der Waals surface area contributed by atoms with Crippen LogP contribution in [0.2, 0.25) is 0 Å². The minimum absolute atomic E-state index is 0.0655. The SMILES string of the molecule is C=C(C)[C@](Cc1ccc([N+](=O)[O-])cc1)(C(=O)O)N1C(=O)[C@H](Br)[C@H]1SSc1nc2ccccc2s1. The second kappa shape index (κ2) is 9.68. The van der Waals surface area contributed by atoms with Gasteiger partial charge in [0.05, 0.1) is 15.1 Å². The molecule has 0 unspecified atom stereocenters. The molecule has 1 aromatic heterocycles. The van der Waals surface area contributed by atoms with Crippen LogP contribution in [0.1, 0.15) is 12.5 Å². The van der Waals surface area contributed by atoms with Crippen molar-refractivity contribution in [2.24, 2.45) is 0 Å². The van der Waals surface area contributed by atoms with E-state index in [2.05, 4.69) is 27.5 Å². The first-order valence-corrected chi connectivity index (χ1v) is 13.9. The molecule has 0 spiro atoms. The molecular weight excluding hydrogens is 562 g/mol. The first-order valence-electron chi connectivity index (χ1n) is 9.94. The topological polar surface area (TPSA) is 114 Å². The fourth-order valence-corrected chi connectivity index (χ4v) is 8.86. The monoisotopic (exact) mass is 579 g/mol. The lowest BCUT2D eigenvalue weighted by molar-refractivity contribution is -0.384. The van der Waals surface area contributed by atoms with Gasteiger partial charge in [-0.3, -0.25) is 14.9 Å². The minimum atomic E-state index is -1.71. The standard InChI is InChI=1S/C22H18BrN3O5S3/c1-12(2)22(20(28)29,11-13-7-9-14(10-8-13)26(30)31)25-18(27)17(23)19(25)33-34-21-24-15-5-3-4-6-16(15)32-21/h3-10,17,19H,1,11H2,2H3,(H,28,29)/t17-,19+,22+/m0/s1. The molecule has 2 heterocycles. The molecule has 0 radical (unpaired) electrons. The number of rotatable bonds is 9. The number of carboxylic acids is 1. The summed E-state index contributed by atoms with van der Waals surface area (Å²) in [7, 11) is 2.75. The van der Waals surface area contributed by atoms with E-state index in [1.165, 1.54) is 62.1 Å². The predicted molar refractivity (Wildman–Crippen MR) is 138 cm³/mol. The number of non-ortho nitro benzene ring substituents is 1. The fraction of sp³-hybridized carbons (Fsp3) is 0.227. The molecule has 2 aromatic carbocycles. The van der Waals surface area contributed by atoms with Crippen LogP contribution in [0.15, 0.2) is 65.0 Å². The first-order chi connectivity index (χ1) is 16.1. The van der Waals surface area contributed by atoms with Crippen molar-refractivity contribution in [3.05, 3.63) is 76.4 Å². The molecule has 8 nitrogen and oxygen atoms in total. The summed E-state index contributed by atoms with van der Waals surface area (Å²) in [5.74, 6) is -1.56. The van der Waals surface area contributed by atoms with Crippen LogP contribution >= 0.6 is 48.9 Å². The van der Waals surface area contributed by atoms with E-state index in [1.54, 1.807) is 6.92 Å². The molecule has 1 N–H and O–H groups in total. The van der Waals surface area contributed by atoms with Gasteiger partial charge in [-0.2, -0.15) is 0 Å². The van der Waals surface area contributed by atoms with Crippen molar-refractivity contribution in [2.75, 3.05) is 0 Å². The van der Waals surface area contributed by atoms with Gasteiger partial charge in [0.1, 0.15) is 10.2 Å². The normalized spacial score (nSPS) is 19.5. The smallest absolute Gasteiger partial charge is 0.334 e. The van der Waals surface area contributed by atoms with Crippen molar-refractivity contribution in [1.29, 1.82) is 0 Å². The number of carboxylic acid groups (broad SMARTS) is 1. The predicted octanol–water partition coefficient (Wildman–Crippen LogP) is 5.52. The van der Waals surface area contributed by atoms with E-state index < -0.39 is 26.6 Å². The molecule has 34 heavy (non-hydrogen) atoms. The minimum Gasteiger partial charge on any atom is -0.479 e. The van der Waals surface area contributed by atoms with Gasteiger partial charge in [0.15, 0.2) is 9.88 Å². The number of para-hydroxylation sites is 1. The third-order valence-electron chi connectivity index (χ3n) is 5.55. The molecule has 3 atom stereocenters. The Balaban J connectivity index is 1.62. The van der Waals surface area contributed by atoms with Gasteiger partial charge in [-0.05, 0) is 41.0 Å². The molecule has 4 rings (SSSR count). The molecule has 0 bridgehead atoms. The Bertz CT molecular complexity index is 1250. The number of aromatic nitrogens is 1. The highest BCUT2D eigenvalue weighted by molar-refractivity contribution is 9.10. The highest BCUT2D eigenvalue weighted by Crippen LogP contribution is 2.50. The zero-order valence-electron chi connectivity index (χ0n) is 17.7. The molecule has 12 heteroatoms. The molecule has 1 aliphatic rings. The Morgan fingerprint density at radius 2 is 2.00 bits per heavy atom. The second-order valence-electron chi connectivity index (χ2n) is 7.67. The molecule has 1 amide bonds. The van der Waals surface area contributed by atoms with E-state index in [0.717, 1.165) is 14.6 Å². The molecule has 176 valence electrons. The number of carbonyl (C=O) groups is 2. The zero-order chi connectivity index (χ0) is 24.6. The van der Waals surface area contributed by atoms with Crippen LogP contribution in [-0.2, 0) is 16.0 Å². The van der Waals surface area contributed by atoms with E-state index in [1.807, 2.05) is 24.3 Å². The number of carbonyl (C=O) groups excluding carboxylic acids is 1. The highest BCUT2D eigenvalue weighted by Gasteiger charge is 2.60. The fourth-order valence-electron chi connectivity index (χ4n) is 3.74. The summed E-state index contributed by atoms with van der Waals surface area (Å²) in [6.07, 6.45) is -0.0655. The van der Waals surface area contributed by atoms with Gasteiger partial charge in [0.2, 0.25) is 5.91 Å². The van der Waals surface area contributed by atoms with Crippen LogP contribution in [0.3, 0.4) is 0 Å². The van der Waals surface area contributed by atoms with Gasteiger partial charge < -0.3 is 10.0 Å². The number of nitro benzene ring substituents is 1.